The highest BCUT2D eigenvalue weighted by atomic mass is 35.5. The topological polar surface area (TPSA) is 34.6 Å². The van der Waals surface area contributed by atoms with E-state index < -0.39 is 7.12 Å². The molecule has 6 heteroatoms. The minimum atomic E-state index is -0.459. The van der Waals surface area contributed by atoms with Crippen LogP contribution in [-0.4, -0.2) is 36.9 Å². The summed E-state index contributed by atoms with van der Waals surface area (Å²) in [6.07, 6.45) is 1.74. The molecule has 0 amide bonds. The molecule has 4 nitrogen and oxygen atoms in total. The summed E-state index contributed by atoms with van der Waals surface area (Å²) in [6, 6.07) is 1.86. The smallest absolute Gasteiger partial charge is 0.399 e. The molecule has 1 aromatic rings. The Kier molecular flexibility index (Phi) is 4.06. The maximum absolute atomic E-state index is 6.48. The number of pyridine rings is 1. The monoisotopic (exact) mass is 296 g/mol. The summed E-state index contributed by atoms with van der Waals surface area (Å²) >= 11 is 6.48. The number of hydrogen-bond donors (Lipinski definition) is 0. The number of halogens is 1. The number of aromatic nitrogens is 1. The van der Waals surface area contributed by atoms with Gasteiger partial charge in [-0.15, -0.1) is 0 Å². The van der Waals surface area contributed by atoms with Crippen LogP contribution in [0.15, 0.2) is 12.3 Å². The predicted molar refractivity (Wildman–Crippen MR) is 83.9 cm³/mol. The second-order valence-electron chi connectivity index (χ2n) is 6.14. The average Bonchev–Trinajstić information content (AvgIpc) is 2.57. The van der Waals surface area contributed by atoms with Gasteiger partial charge in [-0.2, -0.15) is 0 Å². The molecule has 0 bridgehead atoms. The lowest BCUT2D eigenvalue weighted by Gasteiger charge is -2.32. The van der Waals surface area contributed by atoms with E-state index in [2.05, 4.69) is 11.9 Å². The Morgan fingerprint density at radius 1 is 1.25 bits per heavy atom. The van der Waals surface area contributed by atoms with Crippen molar-refractivity contribution in [2.45, 2.75) is 45.8 Å². The fourth-order valence-electron chi connectivity index (χ4n) is 2.02. The van der Waals surface area contributed by atoms with Gasteiger partial charge in [0.1, 0.15) is 5.82 Å². The van der Waals surface area contributed by atoms with Gasteiger partial charge in [0.2, 0.25) is 0 Å². The summed E-state index contributed by atoms with van der Waals surface area (Å²) in [5, 5.41) is 0.593. The summed E-state index contributed by atoms with van der Waals surface area (Å²) in [5.74, 6) is 0.751. The highest BCUT2D eigenvalue weighted by Gasteiger charge is 2.52. The first-order chi connectivity index (χ1) is 9.19. The molecule has 1 aliphatic heterocycles. The fraction of sp³-hybridized carbons (Fsp3) is 0.643. The van der Waals surface area contributed by atoms with Gasteiger partial charge in [-0.3, -0.25) is 0 Å². The number of hydrogen-bond acceptors (Lipinski definition) is 4. The third-order valence-corrected chi connectivity index (χ3v) is 4.63. The van der Waals surface area contributed by atoms with Gasteiger partial charge in [-0.1, -0.05) is 11.6 Å². The van der Waals surface area contributed by atoms with Gasteiger partial charge in [0, 0.05) is 25.3 Å². The Bertz CT molecular complexity index is 492. The van der Waals surface area contributed by atoms with Crippen LogP contribution in [0.4, 0.5) is 5.82 Å². The van der Waals surface area contributed by atoms with Crippen molar-refractivity contribution in [3.8, 4) is 0 Å². The van der Waals surface area contributed by atoms with Crippen LogP contribution in [0.5, 0.6) is 0 Å². The molecule has 110 valence electrons. The van der Waals surface area contributed by atoms with Gasteiger partial charge >= 0.3 is 7.12 Å². The third kappa shape index (κ3) is 2.54. The molecule has 1 aliphatic rings. The second kappa shape index (κ2) is 5.21. The Labute approximate surface area is 126 Å². The molecule has 20 heavy (non-hydrogen) atoms. The molecule has 2 rings (SSSR count). The van der Waals surface area contributed by atoms with Gasteiger partial charge in [-0.25, -0.2) is 4.98 Å². The Morgan fingerprint density at radius 2 is 1.80 bits per heavy atom. The summed E-state index contributed by atoms with van der Waals surface area (Å²) in [4.78, 5) is 6.33. The van der Waals surface area contributed by atoms with E-state index in [4.69, 9.17) is 20.9 Å². The van der Waals surface area contributed by atoms with Gasteiger partial charge < -0.3 is 14.2 Å². The Balaban J connectivity index is 2.36. The van der Waals surface area contributed by atoms with E-state index in [-0.39, 0.29) is 11.2 Å². The van der Waals surface area contributed by atoms with Crippen molar-refractivity contribution in [2.24, 2.45) is 0 Å². The molecule has 0 N–H and O–H groups in total. The zero-order valence-electron chi connectivity index (χ0n) is 13.0. The molecular weight excluding hydrogens is 274 g/mol. The van der Waals surface area contributed by atoms with Crippen molar-refractivity contribution >= 4 is 30.0 Å². The quantitative estimate of drug-likeness (QED) is 0.803. The van der Waals surface area contributed by atoms with Crippen LogP contribution < -0.4 is 10.4 Å². The van der Waals surface area contributed by atoms with Gasteiger partial charge in [0.05, 0.1) is 16.2 Å². The SMILES string of the molecule is CCN(C)c1nccc(B2OC(C)(C)C(C)(C)O2)c1Cl. The van der Waals surface area contributed by atoms with Crippen molar-refractivity contribution in [3.63, 3.8) is 0 Å². The highest BCUT2D eigenvalue weighted by molar-refractivity contribution is 6.66. The molecule has 0 spiro atoms. The lowest BCUT2D eigenvalue weighted by molar-refractivity contribution is 0.00578. The number of rotatable bonds is 3. The fourth-order valence-corrected chi connectivity index (χ4v) is 2.36. The second-order valence-corrected chi connectivity index (χ2v) is 6.52. The first-order valence-electron chi connectivity index (χ1n) is 6.91. The Morgan fingerprint density at radius 3 is 2.30 bits per heavy atom. The van der Waals surface area contributed by atoms with Crippen LogP contribution in [-0.2, 0) is 9.31 Å². The molecule has 0 radical (unpaired) electrons. The molecule has 0 atom stereocenters. The molecule has 0 unspecified atom stereocenters. The third-order valence-electron chi connectivity index (χ3n) is 4.24. The molecule has 0 aromatic carbocycles. The molecule has 1 aromatic heterocycles. The lowest BCUT2D eigenvalue weighted by atomic mass is 9.79. The highest BCUT2D eigenvalue weighted by Crippen LogP contribution is 2.37. The van der Waals surface area contributed by atoms with E-state index in [1.54, 1.807) is 6.20 Å². The van der Waals surface area contributed by atoms with E-state index in [1.807, 2.05) is 45.7 Å². The normalized spacial score (nSPS) is 20.2. The zero-order valence-corrected chi connectivity index (χ0v) is 13.8. The first-order valence-corrected chi connectivity index (χ1v) is 7.28. The van der Waals surface area contributed by atoms with Crippen molar-refractivity contribution in [3.05, 3.63) is 17.3 Å². The van der Waals surface area contributed by atoms with Crippen molar-refractivity contribution in [1.29, 1.82) is 0 Å². The summed E-state index contributed by atoms with van der Waals surface area (Å²) in [6.45, 7) is 11.0. The largest absolute Gasteiger partial charge is 0.496 e. The van der Waals surface area contributed by atoms with Gasteiger partial charge in [0.25, 0.3) is 0 Å². The zero-order chi connectivity index (χ0) is 15.1. The van der Waals surface area contributed by atoms with E-state index >= 15 is 0 Å². The maximum atomic E-state index is 6.48. The van der Waals surface area contributed by atoms with Gasteiger partial charge in [0.15, 0.2) is 0 Å². The summed E-state index contributed by atoms with van der Waals surface area (Å²) < 4.78 is 12.1. The summed E-state index contributed by atoms with van der Waals surface area (Å²) in [5.41, 5.74) is 0.0814. The van der Waals surface area contributed by atoms with Crippen LogP contribution in [0.3, 0.4) is 0 Å². The molecule has 2 heterocycles. The molecule has 0 saturated carbocycles. The standard InChI is InChI=1S/C14H22BClN2O2/c1-7-18(6)12-11(16)10(8-9-17-12)15-19-13(2,3)14(4,5)20-15/h8-9H,7H2,1-6H3. The van der Waals surface area contributed by atoms with E-state index in [0.717, 1.165) is 17.8 Å². The first kappa shape index (κ1) is 15.6. The van der Waals surface area contributed by atoms with E-state index in [9.17, 15) is 0 Å². The minimum Gasteiger partial charge on any atom is -0.399 e. The van der Waals surface area contributed by atoms with Crippen LogP contribution in [0.2, 0.25) is 5.02 Å². The number of anilines is 1. The Hall–Kier alpha value is -0.775. The maximum Gasteiger partial charge on any atom is 0.496 e. The minimum absolute atomic E-state index is 0.374. The van der Waals surface area contributed by atoms with Crippen LogP contribution in [0.25, 0.3) is 0 Å². The molecule has 1 saturated heterocycles. The van der Waals surface area contributed by atoms with Crippen LogP contribution in [0, 0.1) is 0 Å². The van der Waals surface area contributed by atoms with Crippen molar-refractivity contribution < 1.29 is 9.31 Å². The molecule has 1 fully saturated rings. The van der Waals surface area contributed by atoms with Crippen LogP contribution in [0.1, 0.15) is 34.6 Å². The average molecular weight is 297 g/mol. The summed E-state index contributed by atoms with van der Waals surface area (Å²) in [7, 11) is 1.50. The molecule has 0 aliphatic carbocycles. The number of nitrogens with zero attached hydrogens (tertiary/aromatic N) is 2. The van der Waals surface area contributed by atoms with Crippen molar-refractivity contribution in [2.75, 3.05) is 18.5 Å². The lowest BCUT2D eigenvalue weighted by Crippen LogP contribution is -2.41. The van der Waals surface area contributed by atoms with Crippen LogP contribution >= 0.6 is 11.6 Å². The molecular formula is C14H22BClN2O2. The van der Waals surface area contributed by atoms with E-state index in [0.29, 0.717) is 5.02 Å². The van der Waals surface area contributed by atoms with Crippen molar-refractivity contribution in [1.82, 2.24) is 4.98 Å². The van der Waals surface area contributed by atoms with Gasteiger partial charge in [-0.05, 0) is 40.7 Å². The van der Waals surface area contributed by atoms with E-state index in [1.165, 1.54) is 0 Å². The predicted octanol–water partition coefficient (Wildman–Crippen LogP) is 2.49.